The molecule has 0 radical (unpaired) electrons. The van der Waals surface area contributed by atoms with Crippen molar-refractivity contribution in [3.05, 3.63) is 6.33 Å². The van der Waals surface area contributed by atoms with Crippen LogP contribution in [-0.4, -0.2) is 21.7 Å². The van der Waals surface area contributed by atoms with Gasteiger partial charge in [0.2, 0.25) is 11.8 Å². The third-order valence-electron chi connectivity index (χ3n) is 1.56. The summed E-state index contributed by atoms with van der Waals surface area (Å²) in [5, 5.41) is 0. The highest BCUT2D eigenvalue weighted by Crippen LogP contribution is 2.29. The average molecular weight is 225 g/mol. The first-order valence-corrected chi connectivity index (χ1v) is 5.26. The maximum Gasteiger partial charge on any atom is 0.244 e. The Kier molecular flexibility index (Phi) is 3.57. The molecule has 0 fully saturated rings. The van der Waals surface area contributed by atoms with Gasteiger partial charge in [-0.05, 0) is 34.6 Å². The minimum absolute atomic E-state index is 0.0136. The molecule has 1 aromatic heterocycles. The fourth-order valence-corrected chi connectivity index (χ4v) is 1.05. The lowest BCUT2D eigenvalue weighted by Crippen LogP contribution is -2.24. The molecule has 0 aliphatic carbocycles. The molecule has 2 N–H and O–H groups in total. The van der Waals surface area contributed by atoms with E-state index in [0.717, 1.165) is 0 Å². The van der Waals surface area contributed by atoms with Crippen LogP contribution in [0.1, 0.15) is 34.6 Å². The lowest BCUT2D eigenvalue weighted by molar-refractivity contribution is 0.124. The Morgan fingerprint density at radius 1 is 1.19 bits per heavy atom. The number of aromatic nitrogens is 2. The summed E-state index contributed by atoms with van der Waals surface area (Å²) in [5.41, 5.74) is 5.85. The highest BCUT2D eigenvalue weighted by atomic mass is 16.5. The minimum Gasteiger partial charge on any atom is -0.473 e. The van der Waals surface area contributed by atoms with Crippen LogP contribution in [0.2, 0.25) is 0 Å². The van der Waals surface area contributed by atoms with Gasteiger partial charge in [0, 0.05) is 0 Å². The Balaban J connectivity index is 2.95. The van der Waals surface area contributed by atoms with Crippen LogP contribution in [0.4, 0.5) is 5.69 Å². The van der Waals surface area contributed by atoms with Crippen molar-refractivity contribution >= 4 is 5.69 Å². The van der Waals surface area contributed by atoms with Crippen LogP contribution in [0.15, 0.2) is 6.33 Å². The van der Waals surface area contributed by atoms with Gasteiger partial charge in [0.15, 0.2) is 5.69 Å². The van der Waals surface area contributed by atoms with Gasteiger partial charge < -0.3 is 15.2 Å². The van der Waals surface area contributed by atoms with Crippen LogP contribution in [0.3, 0.4) is 0 Å². The van der Waals surface area contributed by atoms with Crippen molar-refractivity contribution < 1.29 is 9.47 Å². The summed E-state index contributed by atoms with van der Waals surface area (Å²) in [6, 6.07) is 0. The van der Waals surface area contributed by atoms with Gasteiger partial charge in [-0.2, -0.15) is 9.97 Å². The molecule has 90 valence electrons. The van der Waals surface area contributed by atoms with E-state index in [1.807, 2.05) is 34.6 Å². The van der Waals surface area contributed by atoms with E-state index in [9.17, 15) is 0 Å². The molecular formula is C11H19N3O2. The Morgan fingerprint density at radius 2 is 1.75 bits per heavy atom. The maximum absolute atomic E-state index is 5.86. The molecule has 1 heterocycles. The number of rotatable bonds is 3. The third kappa shape index (κ3) is 3.56. The van der Waals surface area contributed by atoms with Crippen LogP contribution in [0.25, 0.3) is 0 Å². The van der Waals surface area contributed by atoms with Crippen molar-refractivity contribution in [2.24, 2.45) is 0 Å². The van der Waals surface area contributed by atoms with E-state index < -0.39 is 0 Å². The van der Waals surface area contributed by atoms with E-state index in [2.05, 4.69) is 9.97 Å². The normalized spacial score (nSPS) is 11.6. The fraction of sp³-hybridized carbons (Fsp3) is 0.636. The molecule has 0 saturated carbocycles. The van der Waals surface area contributed by atoms with Crippen LogP contribution in [0.5, 0.6) is 11.8 Å². The van der Waals surface area contributed by atoms with Gasteiger partial charge in [0.1, 0.15) is 11.9 Å². The average Bonchev–Trinajstić information content (AvgIpc) is 2.09. The van der Waals surface area contributed by atoms with Crippen molar-refractivity contribution in [3.8, 4) is 11.8 Å². The summed E-state index contributed by atoms with van der Waals surface area (Å²) >= 11 is 0. The topological polar surface area (TPSA) is 70.3 Å². The van der Waals surface area contributed by atoms with E-state index in [1.54, 1.807) is 0 Å². The smallest absolute Gasteiger partial charge is 0.244 e. The number of hydrogen-bond acceptors (Lipinski definition) is 5. The van der Waals surface area contributed by atoms with E-state index in [-0.39, 0.29) is 11.7 Å². The van der Waals surface area contributed by atoms with Crippen molar-refractivity contribution in [2.75, 3.05) is 5.73 Å². The van der Waals surface area contributed by atoms with Gasteiger partial charge >= 0.3 is 0 Å². The summed E-state index contributed by atoms with van der Waals surface area (Å²) in [6.45, 7) is 9.60. The lowest BCUT2D eigenvalue weighted by Gasteiger charge is -2.21. The molecule has 0 spiro atoms. The van der Waals surface area contributed by atoms with Crippen molar-refractivity contribution in [2.45, 2.75) is 46.3 Å². The predicted molar refractivity (Wildman–Crippen MR) is 62.6 cm³/mol. The molecule has 5 heteroatoms. The maximum atomic E-state index is 5.86. The summed E-state index contributed by atoms with van der Waals surface area (Å²) < 4.78 is 11.0. The molecule has 0 bridgehead atoms. The summed E-state index contributed by atoms with van der Waals surface area (Å²) in [4.78, 5) is 7.96. The zero-order valence-electron chi connectivity index (χ0n) is 10.4. The Morgan fingerprint density at radius 3 is 2.25 bits per heavy atom. The lowest BCUT2D eigenvalue weighted by atomic mass is 10.2. The molecule has 0 aliphatic heterocycles. The first kappa shape index (κ1) is 12.5. The fourth-order valence-electron chi connectivity index (χ4n) is 1.05. The molecule has 1 aromatic rings. The number of ether oxygens (including phenoxy) is 2. The molecule has 16 heavy (non-hydrogen) atoms. The van der Waals surface area contributed by atoms with Crippen molar-refractivity contribution in [1.82, 2.24) is 9.97 Å². The summed E-state index contributed by atoms with van der Waals surface area (Å²) in [7, 11) is 0. The van der Waals surface area contributed by atoms with E-state index >= 15 is 0 Å². The number of nitrogens with zero attached hydrogens (tertiary/aromatic N) is 2. The van der Waals surface area contributed by atoms with Crippen LogP contribution in [0, 0.1) is 0 Å². The first-order valence-electron chi connectivity index (χ1n) is 5.26. The second-order valence-corrected chi connectivity index (χ2v) is 4.78. The molecule has 0 aromatic carbocycles. The molecule has 5 nitrogen and oxygen atoms in total. The van der Waals surface area contributed by atoms with Crippen LogP contribution < -0.4 is 15.2 Å². The molecule has 0 atom stereocenters. The zero-order valence-corrected chi connectivity index (χ0v) is 10.4. The molecule has 0 aliphatic rings. The Hall–Kier alpha value is -1.52. The van der Waals surface area contributed by atoms with Crippen LogP contribution >= 0.6 is 0 Å². The zero-order chi connectivity index (χ0) is 12.3. The van der Waals surface area contributed by atoms with Crippen LogP contribution in [-0.2, 0) is 0 Å². The molecule has 0 amide bonds. The quantitative estimate of drug-likeness (QED) is 0.852. The number of anilines is 1. The molecular weight excluding hydrogens is 206 g/mol. The number of nitrogens with two attached hydrogens (primary N) is 1. The van der Waals surface area contributed by atoms with E-state index in [0.29, 0.717) is 17.4 Å². The standard InChI is InChI=1S/C11H19N3O2/c1-7(2)15-9-8(12)10(14-6-13-9)16-11(3,4)5/h6-7H,12H2,1-5H3. The number of nitrogen functional groups attached to an aromatic ring is 1. The van der Waals surface area contributed by atoms with Crippen molar-refractivity contribution in [1.29, 1.82) is 0 Å². The highest BCUT2D eigenvalue weighted by molar-refractivity contribution is 5.55. The predicted octanol–water partition coefficient (Wildman–Crippen LogP) is 2.02. The van der Waals surface area contributed by atoms with E-state index in [4.69, 9.17) is 15.2 Å². The second kappa shape index (κ2) is 4.55. The highest BCUT2D eigenvalue weighted by Gasteiger charge is 2.18. The van der Waals surface area contributed by atoms with Gasteiger partial charge in [0.05, 0.1) is 6.10 Å². The Labute approximate surface area is 96.0 Å². The van der Waals surface area contributed by atoms with Gasteiger partial charge in [-0.15, -0.1) is 0 Å². The monoisotopic (exact) mass is 225 g/mol. The van der Waals surface area contributed by atoms with E-state index in [1.165, 1.54) is 6.33 Å². The van der Waals surface area contributed by atoms with Gasteiger partial charge in [-0.1, -0.05) is 0 Å². The minimum atomic E-state index is -0.350. The van der Waals surface area contributed by atoms with Crippen molar-refractivity contribution in [3.63, 3.8) is 0 Å². The van der Waals surface area contributed by atoms with Gasteiger partial charge in [-0.3, -0.25) is 0 Å². The molecule has 0 unspecified atom stereocenters. The SMILES string of the molecule is CC(C)Oc1ncnc(OC(C)(C)C)c1N. The third-order valence-corrected chi connectivity index (χ3v) is 1.56. The summed E-state index contributed by atoms with van der Waals surface area (Å²) in [5.74, 6) is 0.724. The van der Waals surface area contributed by atoms with Gasteiger partial charge in [0.25, 0.3) is 0 Å². The second-order valence-electron chi connectivity index (χ2n) is 4.78. The number of hydrogen-bond donors (Lipinski definition) is 1. The Bertz CT molecular complexity index is 359. The molecule has 1 rings (SSSR count). The largest absolute Gasteiger partial charge is 0.473 e. The summed E-state index contributed by atoms with van der Waals surface area (Å²) in [6.07, 6.45) is 1.40. The van der Waals surface area contributed by atoms with Gasteiger partial charge in [-0.25, -0.2) is 0 Å². The molecule has 0 saturated heterocycles. The first-order chi connectivity index (χ1) is 7.29.